The number of hydrogen-bond acceptors (Lipinski definition) is 11. The molecule has 1 fully saturated rings. The van der Waals surface area contributed by atoms with Crippen LogP contribution in [-0.4, -0.2) is 96.0 Å². The van der Waals surface area contributed by atoms with E-state index in [0.717, 1.165) is 57.8 Å². The van der Waals surface area contributed by atoms with E-state index in [1.54, 1.807) is 0 Å². The van der Waals surface area contributed by atoms with Crippen LogP contribution in [0.25, 0.3) is 0 Å². The zero-order valence-electron chi connectivity index (χ0n) is 32.2. The van der Waals surface area contributed by atoms with Gasteiger partial charge in [-0.3, -0.25) is 14.1 Å². The van der Waals surface area contributed by atoms with E-state index >= 15 is 0 Å². The maximum atomic E-state index is 12.7. The summed E-state index contributed by atoms with van der Waals surface area (Å²) in [6.07, 6.45) is 19.9. The molecular formula is C39H72O12S. The maximum absolute atomic E-state index is 12.7. The molecule has 13 heteroatoms. The third-order valence-electron chi connectivity index (χ3n) is 9.35. The molecule has 1 saturated heterocycles. The molecule has 0 saturated carbocycles. The maximum Gasteiger partial charge on any atom is 0.306 e. The number of unbranched alkanes of at least 4 members (excludes halogenated alkanes) is 19. The number of carbonyl (C=O) groups excluding carboxylic acids is 2. The van der Waals surface area contributed by atoms with Gasteiger partial charge in [0, 0.05) is 12.8 Å². The summed E-state index contributed by atoms with van der Waals surface area (Å²) in [6.45, 7) is 3.71. The average Bonchev–Trinajstić information content (AvgIpc) is 3.10. The molecule has 1 rings (SSSR count). The molecule has 1 heterocycles. The molecule has 0 bridgehead atoms. The number of ether oxygens (including phenoxy) is 4. The molecule has 306 valence electrons. The summed E-state index contributed by atoms with van der Waals surface area (Å²) in [5.41, 5.74) is 0. The van der Waals surface area contributed by atoms with Gasteiger partial charge in [-0.05, 0) is 38.5 Å². The van der Waals surface area contributed by atoms with Gasteiger partial charge >= 0.3 is 11.9 Å². The van der Waals surface area contributed by atoms with Crippen LogP contribution in [0.4, 0.5) is 0 Å². The van der Waals surface area contributed by atoms with E-state index in [-0.39, 0.29) is 19.4 Å². The van der Waals surface area contributed by atoms with Crippen molar-refractivity contribution >= 4 is 22.1 Å². The average molecular weight is 765 g/mol. The van der Waals surface area contributed by atoms with E-state index in [2.05, 4.69) is 26.0 Å². The van der Waals surface area contributed by atoms with E-state index in [1.807, 2.05) is 0 Å². The molecule has 6 atom stereocenters. The lowest BCUT2D eigenvalue weighted by atomic mass is 10.00. The lowest BCUT2D eigenvalue weighted by Gasteiger charge is -2.40. The van der Waals surface area contributed by atoms with E-state index in [1.165, 1.54) is 70.6 Å². The first kappa shape index (κ1) is 48.4. The van der Waals surface area contributed by atoms with Crippen LogP contribution >= 0.6 is 0 Å². The van der Waals surface area contributed by atoms with Gasteiger partial charge in [-0.15, -0.1) is 0 Å². The van der Waals surface area contributed by atoms with Crippen LogP contribution in [0.2, 0.25) is 0 Å². The van der Waals surface area contributed by atoms with Crippen LogP contribution in [-0.2, 0) is 38.7 Å². The second-order valence-corrected chi connectivity index (χ2v) is 15.8. The fourth-order valence-corrected chi connectivity index (χ4v) is 6.83. The highest BCUT2D eigenvalue weighted by molar-refractivity contribution is 7.85. The smallest absolute Gasteiger partial charge is 0.306 e. The van der Waals surface area contributed by atoms with Crippen molar-refractivity contribution < 1.29 is 56.8 Å². The molecule has 0 amide bonds. The minimum absolute atomic E-state index is 0.166. The summed E-state index contributed by atoms with van der Waals surface area (Å²) in [4.78, 5) is 25.2. The standard InChI is InChI=1S/C39H72O12S/c1-3-5-7-9-11-13-15-16-17-18-20-21-23-25-27-34(40)48-29-32(50-35(41)28-26-24-22-19-14-12-10-8-6-4-2)30-49-39-38(44)37(43)36(42)33(51-39)31-52(45,46)47/h15-16,32-33,36-39,42-44H,3-14,17-31H2,1-2H3,(H,45,46,47)/b16-15+/t32-,33-,36-,37?,38?,39+/m1/s1. The third kappa shape index (κ3) is 25.4. The SMILES string of the molecule is CCCCCCC/C=C/CCCCCCCC(=O)OC[C@H](CO[C@H]1O[C@H](CS(=O)(=O)O)[C@@H](O)C(O)C1O)OC(=O)CCCCCCCCCCCC. The number of carbonyl (C=O) groups is 2. The van der Waals surface area contributed by atoms with Crippen molar-refractivity contribution in [2.75, 3.05) is 19.0 Å². The molecule has 12 nitrogen and oxygen atoms in total. The molecule has 0 aliphatic carbocycles. The normalized spacial score (nSPS) is 21.4. The Morgan fingerprint density at radius 1 is 0.635 bits per heavy atom. The first-order chi connectivity index (χ1) is 25.0. The Bertz CT molecular complexity index is 1040. The van der Waals surface area contributed by atoms with Crippen molar-refractivity contribution in [2.24, 2.45) is 0 Å². The van der Waals surface area contributed by atoms with Crippen molar-refractivity contribution in [3.05, 3.63) is 12.2 Å². The van der Waals surface area contributed by atoms with Crippen LogP contribution in [0, 0.1) is 0 Å². The minimum Gasteiger partial charge on any atom is -0.462 e. The number of esters is 2. The van der Waals surface area contributed by atoms with Gasteiger partial charge in [0.05, 0.1) is 6.61 Å². The Hall–Kier alpha value is -1.61. The second-order valence-electron chi connectivity index (χ2n) is 14.3. The van der Waals surface area contributed by atoms with Crippen LogP contribution in [0.1, 0.15) is 168 Å². The number of aliphatic hydroxyl groups excluding tert-OH is 3. The largest absolute Gasteiger partial charge is 0.462 e. The lowest BCUT2D eigenvalue weighted by Crippen LogP contribution is -2.60. The van der Waals surface area contributed by atoms with E-state index < -0.39 is 71.2 Å². The fourth-order valence-electron chi connectivity index (χ4n) is 6.14. The predicted molar refractivity (Wildman–Crippen MR) is 201 cm³/mol. The zero-order chi connectivity index (χ0) is 38.5. The first-order valence-corrected chi connectivity index (χ1v) is 21.9. The number of aliphatic hydroxyl groups is 3. The summed E-state index contributed by atoms with van der Waals surface area (Å²) in [6, 6.07) is 0. The summed E-state index contributed by atoms with van der Waals surface area (Å²) in [5.74, 6) is -1.99. The predicted octanol–water partition coefficient (Wildman–Crippen LogP) is 7.11. The highest BCUT2D eigenvalue weighted by atomic mass is 32.2. The molecule has 1 aliphatic heterocycles. The highest BCUT2D eigenvalue weighted by Crippen LogP contribution is 2.24. The van der Waals surface area contributed by atoms with Crippen LogP contribution in [0.3, 0.4) is 0 Å². The van der Waals surface area contributed by atoms with Gasteiger partial charge in [0.1, 0.15) is 36.8 Å². The molecule has 52 heavy (non-hydrogen) atoms. The Balaban J connectivity index is 2.50. The van der Waals surface area contributed by atoms with Crippen molar-refractivity contribution in [3.63, 3.8) is 0 Å². The van der Waals surface area contributed by atoms with Gasteiger partial charge in [-0.2, -0.15) is 8.42 Å². The molecule has 2 unspecified atom stereocenters. The molecule has 4 N–H and O–H groups in total. The number of rotatable bonds is 33. The molecular weight excluding hydrogens is 692 g/mol. The highest BCUT2D eigenvalue weighted by Gasteiger charge is 2.46. The number of allylic oxidation sites excluding steroid dienone is 2. The number of hydrogen-bond donors (Lipinski definition) is 4. The van der Waals surface area contributed by atoms with Crippen molar-refractivity contribution in [2.45, 2.75) is 205 Å². The summed E-state index contributed by atoms with van der Waals surface area (Å²) >= 11 is 0. The fraction of sp³-hybridized carbons (Fsp3) is 0.897. The monoisotopic (exact) mass is 764 g/mol. The van der Waals surface area contributed by atoms with Crippen LogP contribution in [0.5, 0.6) is 0 Å². The zero-order valence-corrected chi connectivity index (χ0v) is 33.0. The van der Waals surface area contributed by atoms with Crippen LogP contribution in [0.15, 0.2) is 12.2 Å². The van der Waals surface area contributed by atoms with Crippen molar-refractivity contribution in [3.8, 4) is 0 Å². The van der Waals surface area contributed by atoms with Crippen molar-refractivity contribution in [1.82, 2.24) is 0 Å². The Labute approximate surface area is 314 Å². The van der Waals surface area contributed by atoms with E-state index in [4.69, 9.17) is 18.9 Å². The van der Waals surface area contributed by atoms with E-state index in [9.17, 15) is 37.9 Å². The lowest BCUT2D eigenvalue weighted by molar-refractivity contribution is -0.297. The Morgan fingerprint density at radius 2 is 1.10 bits per heavy atom. The summed E-state index contributed by atoms with van der Waals surface area (Å²) in [7, 11) is -4.59. The Morgan fingerprint density at radius 3 is 1.60 bits per heavy atom. The van der Waals surface area contributed by atoms with Gasteiger partial charge in [-0.1, -0.05) is 129 Å². The van der Waals surface area contributed by atoms with Gasteiger partial charge < -0.3 is 34.3 Å². The first-order valence-electron chi connectivity index (χ1n) is 20.2. The van der Waals surface area contributed by atoms with E-state index in [0.29, 0.717) is 12.8 Å². The summed E-state index contributed by atoms with van der Waals surface area (Å²) < 4.78 is 53.8. The topological polar surface area (TPSA) is 186 Å². The molecule has 0 spiro atoms. The minimum atomic E-state index is -4.59. The molecule has 0 aromatic heterocycles. The van der Waals surface area contributed by atoms with Gasteiger partial charge in [0.15, 0.2) is 12.4 Å². The summed E-state index contributed by atoms with van der Waals surface area (Å²) in [5, 5.41) is 30.7. The van der Waals surface area contributed by atoms with Gasteiger partial charge in [0.25, 0.3) is 10.1 Å². The molecule has 1 aliphatic rings. The van der Waals surface area contributed by atoms with Gasteiger partial charge in [0.2, 0.25) is 0 Å². The molecule has 0 aromatic carbocycles. The third-order valence-corrected chi connectivity index (χ3v) is 10.1. The molecule has 0 radical (unpaired) electrons. The second kappa shape index (κ2) is 30.7. The van der Waals surface area contributed by atoms with Gasteiger partial charge in [-0.25, -0.2) is 0 Å². The quantitative estimate of drug-likeness (QED) is 0.0230. The Kier molecular flexibility index (Phi) is 28.6. The van der Waals surface area contributed by atoms with Crippen LogP contribution < -0.4 is 0 Å². The van der Waals surface area contributed by atoms with Crippen molar-refractivity contribution in [1.29, 1.82) is 0 Å². The molecule has 0 aromatic rings.